The number of nitrogens with one attached hydrogen (secondary N) is 1. The Balaban J connectivity index is 2.92. The molecule has 22 heavy (non-hydrogen) atoms. The molecule has 1 aromatic rings. The summed E-state index contributed by atoms with van der Waals surface area (Å²) in [6.45, 7) is 6.13. The third-order valence-corrected chi connectivity index (χ3v) is 3.55. The standard InChI is InChI=1S/C15H20BrNO5/c1-4-21-12-6-10(11(16)8-13(12)22-5-2)7-14(18)17-9(3)15(19)20/h6,8-9H,4-5,7H2,1-3H3,(H,17,18)(H,19,20)/t9-/m1/s1. The summed E-state index contributed by atoms with van der Waals surface area (Å²) in [6, 6.07) is 2.54. The fourth-order valence-electron chi connectivity index (χ4n) is 1.78. The van der Waals surface area contributed by atoms with Crippen LogP contribution in [0.1, 0.15) is 26.3 Å². The summed E-state index contributed by atoms with van der Waals surface area (Å²) >= 11 is 3.39. The number of benzene rings is 1. The van der Waals surface area contributed by atoms with Crippen LogP contribution in [0.5, 0.6) is 11.5 Å². The summed E-state index contributed by atoms with van der Waals surface area (Å²) in [5.41, 5.74) is 0.696. The predicted octanol–water partition coefficient (Wildman–Crippen LogP) is 2.38. The van der Waals surface area contributed by atoms with Crippen LogP contribution >= 0.6 is 15.9 Å². The molecule has 0 aliphatic carbocycles. The highest BCUT2D eigenvalue weighted by Gasteiger charge is 2.17. The molecule has 0 radical (unpaired) electrons. The molecule has 0 aliphatic rings. The first kappa shape index (κ1) is 18.3. The van der Waals surface area contributed by atoms with E-state index in [-0.39, 0.29) is 12.3 Å². The normalized spacial score (nSPS) is 11.6. The van der Waals surface area contributed by atoms with Gasteiger partial charge in [-0.15, -0.1) is 0 Å². The van der Waals surface area contributed by atoms with Crippen LogP contribution in [0.3, 0.4) is 0 Å². The Bertz CT molecular complexity index is 547. The van der Waals surface area contributed by atoms with Gasteiger partial charge in [0.15, 0.2) is 11.5 Å². The molecule has 0 saturated carbocycles. The first-order chi connectivity index (χ1) is 10.4. The summed E-state index contributed by atoms with van der Waals surface area (Å²) < 4.78 is 11.7. The van der Waals surface area contributed by atoms with Gasteiger partial charge in [-0.3, -0.25) is 9.59 Å². The largest absolute Gasteiger partial charge is 0.490 e. The predicted molar refractivity (Wildman–Crippen MR) is 85.4 cm³/mol. The maximum Gasteiger partial charge on any atom is 0.325 e. The minimum Gasteiger partial charge on any atom is -0.490 e. The van der Waals surface area contributed by atoms with Crippen LogP contribution < -0.4 is 14.8 Å². The number of carboxylic acids is 1. The van der Waals surface area contributed by atoms with Gasteiger partial charge < -0.3 is 19.9 Å². The highest BCUT2D eigenvalue weighted by Crippen LogP contribution is 2.34. The topological polar surface area (TPSA) is 84.9 Å². The van der Waals surface area contributed by atoms with Crippen molar-refractivity contribution in [3.63, 3.8) is 0 Å². The van der Waals surface area contributed by atoms with Crippen LogP contribution in [0, 0.1) is 0 Å². The van der Waals surface area contributed by atoms with Crippen molar-refractivity contribution in [1.82, 2.24) is 5.32 Å². The van der Waals surface area contributed by atoms with Crippen molar-refractivity contribution in [3.8, 4) is 11.5 Å². The fraction of sp³-hybridized carbons (Fsp3) is 0.467. The molecule has 1 amide bonds. The number of halogens is 1. The van der Waals surface area contributed by atoms with Crippen LogP contribution in [-0.2, 0) is 16.0 Å². The van der Waals surface area contributed by atoms with E-state index in [1.54, 1.807) is 12.1 Å². The van der Waals surface area contributed by atoms with Crippen molar-refractivity contribution >= 4 is 27.8 Å². The number of carbonyl (C=O) groups excluding carboxylic acids is 1. The number of amides is 1. The lowest BCUT2D eigenvalue weighted by Gasteiger charge is -2.15. The molecule has 0 fully saturated rings. The monoisotopic (exact) mass is 373 g/mol. The number of rotatable bonds is 8. The molecule has 0 heterocycles. The molecule has 6 nitrogen and oxygen atoms in total. The highest BCUT2D eigenvalue weighted by molar-refractivity contribution is 9.10. The maximum atomic E-state index is 11.9. The van der Waals surface area contributed by atoms with Crippen LogP contribution in [0.15, 0.2) is 16.6 Å². The number of hydrogen-bond donors (Lipinski definition) is 2. The minimum atomic E-state index is -1.07. The van der Waals surface area contributed by atoms with Crippen molar-refractivity contribution in [2.45, 2.75) is 33.2 Å². The van der Waals surface area contributed by atoms with E-state index in [1.165, 1.54) is 6.92 Å². The van der Waals surface area contributed by atoms with Gasteiger partial charge in [-0.2, -0.15) is 0 Å². The average Bonchev–Trinajstić information content (AvgIpc) is 2.44. The number of ether oxygens (including phenoxy) is 2. The van der Waals surface area contributed by atoms with Crippen LogP contribution in [0.2, 0.25) is 0 Å². The summed E-state index contributed by atoms with van der Waals surface area (Å²) in [4.78, 5) is 22.6. The van der Waals surface area contributed by atoms with Gasteiger partial charge in [-0.25, -0.2) is 0 Å². The van der Waals surface area contributed by atoms with Gasteiger partial charge in [0.2, 0.25) is 5.91 Å². The van der Waals surface area contributed by atoms with Crippen molar-refractivity contribution in [3.05, 3.63) is 22.2 Å². The van der Waals surface area contributed by atoms with Crippen molar-refractivity contribution in [2.24, 2.45) is 0 Å². The molecule has 0 bridgehead atoms. The fourth-order valence-corrected chi connectivity index (χ4v) is 2.24. The molecule has 1 rings (SSSR count). The van der Waals surface area contributed by atoms with E-state index in [4.69, 9.17) is 14.6 Å². The molecule has 0 spiro atoms. The van der Waals surface area contributed by atoms with Gasteiger partial charge in [0.1, 0.15) is 6.04 Å². The molecule has 0 unspecified atom stereocenters. The Morgan fingerprint density at radius 3 is 2.27 bits per heavy atom. The Labute approximate surface area is 137 Å². The average molecular weight is 374 g/mol. The second-order valence-electron chi connectivity index (χ2n) is 4.56. The lowest BCUT2D eigenvalue weighted by Crippen LogP contribution is -2.39. The van der Waals surface area contributed by atoms with Gasteiger partial charge >= 0.3 is 5.97 Å². The third kappa shape index (κ3) is 5.22. The molecule has 0 aliphatic heterocycles. The van der Waals surface area contributed by atoms with E-state index in [2.05, 4.69) is 21.2 Å². The van der Waals surface area contributed by atoms with E-state index >= 15 is 0 Å². The maximum absolute atomic E-state index is 11.9. The molecule has 0 saturated heterocycles. The number of carbonyl (C=O) groups is 2. The van der Waals surface area contributed by atoms with E-state index < -0.39 is 12.0 Å². The zero-order chi connectivity index (χ0) is 16.7. The second-order valence-corrected chi connectivity index (χ2v) is 5.41. The van der Waals surface area contributed by atoms with Gasteiger partial charge in [0, 0.05) is 4.47 Å². The van der Waals surface area contributed by atoms with Crippen molar-refractivity contribution in [1.29, 1.82) is 0 Å². The van der Waals surface area contributed by atoms with Crippen LogP contribution in [0.25, 0.3) is 0 Å². The Morgan fingerprint density at radius 2 is 1.77 bits per heavy atom. The smallest absolute Gasteiger partial charge is 0.325 e. The third-order valence-electron chi connectivity index (χ3n) is 2.81. The molecule has 7 heteroatoms. The van der Waals surface area contributed by atoms with Crippen molar-refractivity contribution < 1.29 is 24.2 Å². The molecule has 1 atom stereocenters. The number of carboxylic acid groups (broad SMARTS) is 1. The van der Waals surface area contributed by atoms with E-state index in [9.17, 15) is 9.59 Å². The van der Waals surface area contributed by atoms with E-state index in [0.29, 0.717) is 34.7 Å². The molecule has 0 aromatic heterocycles. The summed E-state index contributed by atoms with van der Waals surface area (Å²) in [7, 11) is 0. The Morgan fingerprint density at radius 1 is 1.23 bits per heavy atom. The van der Waals surface area contributed by atoms with Crippen molar-refractivity contribution in [2.75, 3.05) is 13.2 Å². The zero-order valence-corrected chi connectivity index (χ0v) is 14.4. The lowest BCUT2D eigenvalue weighted by atomic mass is 10.1. The summed E-state index contributed by atoms with van der Waals surface area (Å²) in [5.74, 6) is -0.294. The van der Waals surface area contributed by atoms with Gasteiger partial charge in [0.25, 0.3) is 0 Å². The van der Waals surface area contributed by atoms with E-state index in [0.717, 1.165) is 0 Å². The Kier molecular flexibility index (Phi) is 7.17. The summed E-state index contributed by atoms with van der Waals surface area (Å²) in [6.07, 6.45) is 0.0463. The quantitative estimate of drug-likeness (QED) is 0.730. The second kappa shape index (κ2) is 8.63. The minimum absolute atomic E-state index is 0.0463. The SMILES string of the molecule is CCOc1cc(Br)c(CC(=O)N[C@H](C)C(=O)O)cc1OCC. The first-order valence-electron chi connectivity index (χ1n) is 6.99. The first-order valence-corrected chi connectivity index (χ1v) is 7.78. The number of hydrogen-bond acceptors (Lipinski definition) is 4. The molecule has 2 N–H and O–H groups in total. The molecule has 122 valence electrons. The Hall–Kier alpha value is -1.76. The lowest BCUT2D eigenvalue weighted by molar-refractivity contribution is -0.141. The van der Waals surface area contributed by atoms with Gasteiger partial charge in [-0.1, -0.05) is 15.9 Å². The molecule has 1 aromatic carbocycles. The van der Waals surface area contributed by atoms with Crippen LogP contribution in [-0.4, -0.2) is 36.2 Å². The summed E-state index contributed by atoms with van der Waals surface area (Å²) in [5, 5.41) is 11.2. The van der Waals surface area contributed by atoms with Gasteiger partial charge in [-0.05, 0) is 38.5 Å². The zero-order valence-electron chi connectivity index (χ0n) is 12.8. The van der Waals surface area contributed by atoms with E-state index in [1.807, 2.05) is 13.8 Å². The van der Waals surface area contributed by atoms with Crippen LogP contribution in [0.4, 0.5) is 0 Å². The van der Waals surface area contributed by atoms with Gasteiger partial charge in [0.05, 0.1) is 19.6 Å². The highest BCUT2D eigenvalue weighted by atomic mass is 79.9. The molecular formula is C15H20BrNO5. The molecular weight excluding hydrogens is 354 g/mol. The number of aliphatic carboxylic acids is 1.